The van der Waals surface area contributed by atoms with Crippen LogP contribution in [0.5, 0.6) is 5.75 Å². The fraction of sp³-hybridized carbons (Fsp3) is 0.455. The number of amides is 5. The molecule has 7 N–H and O–H groups in total. The van der Waals surface area contributed by atoms with Gasteiger partial charge in [0.05, 0.1) is 44.6 Å². The highest BCUT2D eigenvalue weighted by Gasteiger charge is 2.40. The van der Waals surface area contributed by atoms with Crippen molar-refractivity contribution < 1.29 is 42.9 Å². The number of aliphatic imine (C=N–C) groups is 1. The third-order valence-corrected chi connectivity index (χ3v) is 13.5. The fourth-order valence-corrected chi connectivity index (χ4v) is 9.14. The van der Waals surface area contributed by atoms with Gasteiger partial charge in [-0.1, -0.05) is 30.7 Å². The second-order valence-electron chi connectivity index (χ2n) is 18.9. The number of rotatable bonds is 27. The van der Waals surface area contributed by atoms with E-state index in [4.69, 9.17) is 30.1 Å². The average Bonchev–Trinajstić information content (AvgIpc) is 3.74. The van der Waals surface area contributed by atoms with Crippen LogP contribution in [0.4, 0.5) is 11.4 Å². The Morgan fingerprint density at radius 1 is 0.851 bits per heavy atom. The number of imide groups is 1. The third kappa shape index (κ3) is 15.5. The molecule has 0 spiro atoms. The smallest absolute Gasteiger partial charge is 0.255 e. The molecular weight excluding hydrogens is 945 g/mol. The zero-order valence-corrected chi connectivity index (χ0v) is 42.5. The lowest BCUT2D eigenvalue weighted by molar-refractivity contribution is -0.137. The number of amidine groups is 2. The van der Waals surface area contributed by atoms with Gasteiger partial charge in [0.1, 0.15) is 17.6 Å². The van der Waals surface area contributed by atoms with Crippen LogP contribution in [0.2, 0.25) is 0 Å². The molecule has 2 saturated heterocycles. The standard InChI is InChI=1S/C55H70N10O9/c1-38(59-51(68)41-12-7-13-42(35-41)63-55(22-26-64(2)27-23-55)54(57)62-50(56)39-20-24-58-25-21-39)40-11-8-14-43(36-40)74-30-6-4-3-5-28-71-31-33-73-34-32-72-29-10-17-48(66)60-46-16-9-15-44-45(46)37-65(53(44)70)47-18-19-49(67)61-52(47)69/h7-9,11-16,20-21,24-25,35-36,38,47,63H,3-6,10,17-19,22-23,26-34,37H2,1-2H3,(H,59,68)(H,60,66)(H3,56,57,62)(H,61,67,69)/t38-,47?/m1/s1. The Bertz CT molecular complexity index is 2600. The Morgan fingerprint density at radius 2 is 1.54 bits per heavy atom. The van der Waals surface area contributed by atoms with E-state index in [1.807, 2.05) is 49.4 Å². The summed E-state index contributed by atoms with van der Waals surface area (Å²) in [5.41, 5.74) is 10.4. The Kier molecular flexibility index (Phi) is 20.2. The SMILES string of the molecule is C[C@@H](NC(=O)c1cccc(NC2(C(N)=NC(=N)c3ccncc3)CCN(C)CC2)c1)c1cccc(OCCCCCCOCCOCCOCCCC(=O)Nc2cccc3c2CN(C2CCC(=O)NC2=O)C3=O)c1. The molecular formula is C55H70N10O9. The van der Waals surface area contributed by atoms with Crippen LogP contribution < -0.4 is 31.7 Å². The summed E-state index contributed by atoms with van der Waals surface area (Å²) in [6.07, 6.45) is 9.68. The molecule has 7 rings (SSSR count). The van der Waals surface area contributed by atoms with Gasteiger partial charge in [-0.05, 0) is 119 Å². The molecule has 3 aliphatic heterocycles. The van der Waals surface area contributed by atoms with Crippen LogP contribution in [0.25, 0.3) is 0 Å². The van der Waals surface area contributed by atoms with Gasteiger partial charge in [-0.3, -0.25) is 39.7 Å². The van der Waals surface area contributed by atoms with Crippen molar-refractivity contribution in [1.29, 1.82) is 5.41 Å². The maximum Gasteiger partial charge on any atom is 0.255 e. The van der Waals surface area contributed by atoms with Crippen molar-refractivity contribution in [1.82, 2.24) is 25.4 Å². The van der Waals surface area contributed by atoms with Gasteiger partial charge in [0.25, 0.3) is 11.8 Å². The molecule has 0 saturated carbocycles. The number of anilines is 2. The third-order valence-electron chi connectivity index (χ3n) is 13.5. The molecule has 4 heterocycles. The summed E-state index contributed by atoms with van der Waals surface area (Å²) in [6, 6.07) is 22.8. The molecule has 394 valence electrons. The molecule has 0 aliphatic carbocycles. The van der Waals surface area contributed by atoms with Crippen LogP contribution in [-0.4, -0.2) is 134 Å². The summed E-state index contributed by atoms with van der Waals surface area (Å²) < 4.78 is 23.1. The van der Waals surface area contributed by atoms with E-state index >= 15 is 0 Å². The van der Waals surface area contributed by atoms with E-state index < -0.39 is 17.5 Å². The van der Waals surface area contributed by atoms with E-state index in [1.165, 1.54) is 4.90 Å². The fourth-order valence-electron chi connectivity index (χ4n) is 9.14. The predicted octanol–water partition coefficient (Wildman–Crippen LogP) is 6.00. The van der Waals surface area contributed by atoms with Gasteiger partial charge in [0.2, 0.25) is 17.7 Å². The highest BCUT2D eigenvalue weighted by molar-refractivity contribution is 6.08. The molecule has 74 heavy (non-hydrogen) atoms. The van der Waals surface area contributed by atoms with Gasteiger partial charge in [-0.2, -0.15) is 0 Å². The molecule has 5 amide bonds. The summed E-state index contributed by atoms with van der Waals surface area (Å²) in [6.45, 7) is 7.13. The monoisotopic (exact) mass is 1010 g/mol. The molecule has 2 fully saturated rings. The van der Waals surface area contributed by atoms with Crippen LogP contribution in [0.15, 0.2) is 96.2 Å². The number of likely N-dealkylation sites (tertiary alicyclic amines) is 1. The summed E-state index contributed by atoms with van der Waals surface area (Å²) in [5.74, 6) is -0.360. The Balaban J connectivity index is 0.706. The second-order valence-corrected chi connectivity index (χ2v) is 18.9. The minimum absolute atomic E-state index is 0.0679. The molecule has 3 aromatic carbocycles. The normalized spacial score (nSPS) is 17.1. The second kappa shape index (κ2) is 27.3. The molecule has 1 aromatic heterocycles. The number of ether oxygens (including phenoxy) is 4. The Morgan fingerprint density at radius 3 is 2.28 bits per heavy atom. The zero-order valence-electron chi connectivity index (χ0n) is 42.5. The zero-order chi connectivity index (χ0) is 52.3. The number of unbranched alkanes of at least 4 members (excludes halogenated alkanes) is 3. The van der Waals surface area contributed by atoms with Crippen molar-refractivity contribution in [3.8, 4) is 5.75 Å². The van der Waals surface area contributed by atoms with Crippen LogP contribution in [0, 0.1) is 5.41 Å². The van der Waals surface area contributed by atoms with E-state index in [-0.39, 0.29) is 61.3 Å². The molecule has 4 aromatic rings. The van der Waals surface area contributed by atoms with Crippen LogP contribution in [0.3, 0.4) is 0 Å². The number of benzene rings is 3. The topological polar surface area (TPSA) is 252 Å². The highest BCUT2D eigenvalue weighted by atomic mass is 16.5. The number of hydrogen-bond acceptors (Lipinski definition) is 13. The van der Waals surface area contributed by atoms with Gasteiger partial charge in [0.15, 0.2) is 5.84 Å². The average molecular weight is 1020 g/mol. The molecule has 2 atom stereocenters. The minimum atomic E-state index is -0.720. The molecule has 3 aliphatic rings. The largest absolute Gasteiger partial charge is 0.494 e. The number of pyridine rings is 1. The first-order valence-corrected chi connectivity index (χ1v) is 25.6. The van der Waals surface area contributed by atoms with Crippen LogP contribution in [0.1, 0.15) is 115 Å². The number of fused-ring (bicyclic) bond motifs is 1. The summed E-state index contributed by atoms with van der Waals surface area (Å²) in [7, 11) is 2.07. The highest BCUT2D eigenvalue weighted by Crippen LogP contribution is 2.33. The summed E-state index contributed by atoms with van der Waals surface area (Å²) in [5, 5.41) is 20.5. The first-order chi connectivity index (χ1) is 35.9. The molecule has 0 radical (unpaired) electrons. The van der Waals surface area contributed by atoms with Crippen molar-refractivity contribution >= 4 is 52.6 Å². The maximum atomic E-state index is 13.6. The lowest BCUT2D eigenvalue weighted by Gasteiger charge is -2.41. The molecule has 1 unspecified atom stereocenters. The van der Waals surface area contributed by atoms with E-state index in [2.05, 4.69) is 43.2 Å². The van der Waals surface area contributed by atoms with Gasteiger partial charge >= 0.3 is 0 Å². The minimum Gasteiger partial charge on any atom is -0.494 e. The number of nitrogens with one attached hydrogen (secondary N) is 5. The van der Waals surface area contributed by atoms with E-state index in [0.29, 0.717) is 99.3 Å². The summed E-state index contributed by atoms with van der Waals surface area (Å²) >= 11 is 0. The molecule has 19 heteroatoms. The maximum absolute atomic E-state index is 13.6. The van der Waals surface area contributed by atoms with Crippen molar-refractivity contribution in [2.75, 3.05) is 77.0 Å². The van der Waals surface area contributed by atoms with Crippen molar-refractivity contribution in [2.45, 2.75) is 95.3 Å². The van der Waals surface area contributed by atoms with Crippen molar-refractivity contribution in [3.05, 3.63) is 119 Å². The lowest BCUT2D eigenvalue weighted by Crippen LogP contribution is -2.56. The number of nitrogens with two attached hydrogens (primary N) is 1. The number of carbonyl (C=O) groups is 5. The molecule has 19 nitrogen and oxygen atoms in total. The van der Waals surface area contributed by atoms with Gasteiger partial charge in [0, 0.05) is 91.7 Å². The number of nitrogens with zero attached hydrogens (tertiary/aromatic N) is 4. The Hall–Kier alpha value is -7.06. The van der Waals surface area contributed by atoms with Gasteiger partial charge in [-0.25, -0.2) is 4.99 Å². The number of hydrogen-bond donors (Lipinski definition) is 6. The number of piperidine rings is 2. The van der Waals surface area contributed by atoms with Gasteiger partial charge < -0.3 is 50.4 Å². The first kappa shape index (κ1) is 54.7. The quantitative estimate of drug-likeness (QED) is 0.0174. The van der Waals surface area contributed by atoms with Crippen LogP contribution in [-0.2, 0) is 35.1 Å². The van der Waals surface area contributed by atoms with Crippen LogP contribution >= 0.6 is 0 Å². The number of carbonyl (C=O) groups excluding carboxylic acids is 5. The van der Waals surface area contributed by atoms with E-state index in [0.717, 1.165) is 55.8 Å². The predicted molar refractivity (Wildman–Crippen MR) is 281 cm³/mol. The number of aromatic nitrogens is 1. The Labute approximate surface area is 432 Å². The summed E-state index contributed by atoms with van der Waals surface area (Å²) in [4.78, 5) is 75.6. The van der Waals surface area contributed by atoms with E-state index in [9.17, 15) is 24.0 Å². The van der Waals surface area contributed by atoms with Crippen molar-refractivity contribution in [2.24, 2.45) is 10.7 Å². The molecule has 0 bridgehead atoms. The lowest BCUT2D eigenvalue weighted by atomic mass is 9.85. The first-order valence-electron chi connectivity index (χ1n) is 25.6. The van der Waals surface area contributed by atoms with E-state index in [1.54, 1.807) is 48.8 Å². The van der Waals surface area contributed by atoms with Crippen molar-refractivity contribution in [3.63, 3.8) is 0 Å². The van der Waals surface area contributed by atoms with Gasteiger partial charge in [-0.15, -0.1) is 0 Å².